The number of carbonyl (C=O) groups excluding carboxylic acids is 2. The van der Waals surface area contributed by atoms with Crippen LogP contribution in [-0.2, 0) is 10.2 Å². The highest BCUT2D eigenvalue weighted by atomic mass is 35.5. The number of hydrogen-bond donors (Lipinski definition) is 4. The van der Waals surface area contributed by atoms with Gasteiger partial charge in [0, 0.05) is 23.2 Å². The van der Waals surface area contributed by atoms with Crippen molar-refractivity contribution in [3.05, 3.63) is 40.0 Å². The second kappa shape index (κ2) is 9.06. The van der Waals surface area contributed by atoms with E-state index in [9.17, 15) is 9.59 Å². The topological polar surface area (TPSA) is 100 Å². The summed E-state index contributed by atoms with van der Waals surface area (Å²) < 4.78 is 1.59. The molecule has 1 aliphatic rings. The van der Waals surface area contributed by atoms with Crippen LogP contribution in [0.3, 0.4) is 0 Å². The Morgan fingerprint density at radius 3 is 2.48 bits per heavy atom. The van der Waals surface area contributed by atoms with Gasteiger partial charge in [-0.05, 0) is 31.5 Å². The van der Waals surface area contributed by atoms with Crippen molar-refractivity contribution in [2.45, 2.75) is 58.8 Å². The van der Waals surface area contributed by atoms with Crippen LogP contribution in [0.15, 0.2) is 24.3 Å². The smallest absolute Gasteiger partial charge is 0.322 e. The third kappa shape index (κ3) is 5.31. The lowest BCUT2D eigenvalue weighted by molar-refractivity contribution is -0.130. The molecular weight excluding hydrogens is 439 g/mol. The highest BCUT2D eigenvalue weighted by Crippen LogP contribution is 2.28. The van der Waals surface area contributed by atoms with Crippen LogP contribution < -0.4 is 21.3 Å². The molecule has 0 radical (unpaired) electrons. The molecule has 0 spiro atoms. The first-order valence-corrected chi connectivity index (χ1v) is 10.9. The van der Waals surface area contributed by atoms with Gasteiger partial charge in [0.15, 0.2) is 6.29 Å². The number of halogens is 2. The van der Waals surface area contributed by atoms with Crippen molar-refractivity contribution in [3.63, 3.8) is 0 Å². The van der Waals surface area contributed by atoms with E-state index in [1.54, 1.807) is 28.9 Å². The van der Waals surface area contributed by atoms with Gasteiger partial charge in [0.25, 0.3) is 0 Å². The van der Waals surface area contributed by atoms with Gasteiger partial charge in [-0.2, -0.15) is 5.10 Å². The van der Waals surface area contributed by atoms with Gasteiger partial charge < -0.3 is 10.6 Å². The zero-order chi connectivity index (χ0) is 22.9. The molecule has 8 nitrogen and oxygen atoms in total. The fourth-order valence-electron chi connectivity index (χ4n) is 3.45. The Kier molecular flexibility index (Phi) is 6.83. The predicted molar refractivity (Wildman–Crippen MR) is 124 cm³/mol. The van der Waals surface area contributed by atoms with Gasteiger partial charge in [-0.25, -0.2) is 9.48 Å². The Hall–Kier alpha value is -2.29. The number of carbonyl (C=O) groups is 2. The average molecular weight is 467 g/mol. The Bertz CT molecular complexity index is 985. The molecule has 0 saturated carbocycles. The number of nitrogens with zero attached hydrogens (tertiary/aromatic N) is 2. The van der Waals surface area contributed by atoms with E-state index in [2.05, 4.69) is 26.4 Å². The van der Waals surface area contributed by atoms with E-state index in [-0.39, 0.29) is 23.3 Å². The fourth-order valence-corrected chi connectivity index (χ4v) is 3.75. The summed E-state index contributed by atoms with van der Waals surface area (Å²) in [5, 5.41) is 17.3. The molecule has 3 atom stereocenters. The molecule has 31 heavy (non-hydrogen) atoms. The van der Waals surface area contributed by atoms with Gasteiger partial charge in [0.1, 0.15) is 5.82 Å². The van der Waals surface area contributed by atoms with Crippen LogP contribution >= 0.6 is 23.2 Å². The van der Waals surface area contributed by atoms with Gasteiger partial charge in [-0.3, -0.25) is 15.4 Å². The summed E-state index contributed by atoms with van der Waals surface area (Å²) in [6.45, 7) is 10.0. The summed E-state index contributed by atoms with van der Waals surface area (Å²) in [6.07, 6.45) is 0.151. The summed E-state index contributed by atoms with van der Waals surface area (Å²) in [5.74, 6) is 0.281. The van der Waals surface area contributed by atoms with Crippen LogP contribution in [0, 0.1) is 5.92 Å². The van der Waals surface area contributed by atoms with E-state index >= 15 is 0 Å². The molecule has 3 rings (SSSR count). The zero-order valence-electron chi connectivity index (χ0n) is 18.2. The van der Waals surface area contributed by atoms with E-state index in [1.165, 1.54) is 0 Å². The SMILES string of the molecule is CCC1C(=O)NC(n2nc(C(C)(C)C)cc2NC(=O)Nc2ccc(Cl)c(Cl)c2)NC1C. The third-order valence-electron chi connectivity index (χ3n) is 5.25. The Labute approximate surface area is 192 Å². The lowest BCUT2D eigenvalue weighted by Gasteiger charge is -2.35. The summed E-state index contributed by atoms with van der Waals surface area (Å²) in [5.41, 5.74) is 1.02. The number of aromatic nitrogens is 2. The van der Waals surface area contributed by atoms with Crippen molar-refractivity contribution in [2.75, 3.05) is 10.6 Å². The standard InChI is InChI=1S/C21H28Cl2N6O2/c1-6-13-11(2)24-19(27-18(13)30)29-17(10-16(28-29)21(3,4)5)26-20(31)25-12-7-8-14(22)15(23)9-12/h7-11,13,19,24H,6H2,1-5H3,(H,27,30)(H2,25,26,31). The molecule has 1 aliphatic heterocycles. The predicted octanol–water partition coefficient (Wildman–Crippen LogP) is 4.72. The molecule has 1 aromatic carbocycles. The van der Waals surface area contributed by atoms with Crippen molar-refractivity contribution in [3.8, 4) is 0 Å². The molecule has 1 saturated heterocycles. The molecule has 1 aromatic heterocycles. The van der Waals surface area contributed by atoms with Crippen molar-refractivity contribution >= 4 is 46.6 Å². The fraction of sp³-hybridized carbons (Fsp3) is 0.476. The molecule has 168 valence electrons. The minimum Gasteiger partial charge on any atom is -0.322 e. The first-order valence-electron chi connectivity index (χ1n) is 10.2. The van der Waals surface area contributed by atoms with E-state index in [4.69, 9.17) is 23.2 Å². The maximum Gasteiger partial charge on any atom is 0.324 e. The first-order chi connectivity index (χ1) is 14.5. The second-order valence-electron chi connectivity index (χ2n) is 8.70. The largest absolute Gasteiger partial charge is 0.324 e. The van der Waals surface area contributed by atoms with Crippen LogP contribution in [0.4, 0.5) is 16.3 Å². The van der Waals surface area contributed by atoms with Crippen LogP contribution in [-0.4, -0.2) is 27.8 Å². The quantitative estimate of drug-likeness (QED) is 0.523. The Morgan fingerprint density at radius 1 is 1.19 bits per heavy atom. The number of anilines is 2. The van der Waals surface area contributed by atoms with E-state index in [0.29, 0.717) is 21.6 Å². The molecule has 3 unspecified atom stereocenters. The lowest BCUT2D eigenvalue weighted by atomic mass is 9.92. The first kappa shape index (κ1) is 23.4. The Balaban J connectivity index is 1.85. The number of nitrogens with one attached hydrogen (secondary N) is 4. The normalized spacial score (nSPS) is 21.5. The highest BCUT2D eigenvalue weighted by Gasteiger charge is 2.35. The van der Waals surface area contributed by atoms with Crippen LogP contribution in [0.2, 0.25) is 10.0 Å². The van der Waals surface area contributed by atoms with Crippen molar-refractivity contribution < 1.29 is 9.59 Å². The van der Waals surface area contributed by atoms with Crippen molar-refractivity contribution in [1.29, 1.82) is 0 Å². The molecule has 2 aromatic rings. The third-order valence-corrected chi connectivity index (χ3v) is 5.99. The molecule has 2 heterocycles. The van der Waals surface area contributed by atoms with Gasteiger partial charge in [0.05, 0.1) is 21.7 Å². The molecule has 10 heteroatoms. The molecular formula is C21H28Cl2N6O2. The average Bonchev–Trinajstić information content (AvgIpc) is 3.08. The van der Waals surface area contributed by atoms with Gasteiger partial charge in [-0.15, -0.1) is 0 Å². The minimum absolute atomic E-state index is 0.0380. The maximum atomic E-state index is 12.7. The second-order valence-corrected chi connectivity index (χ2v) is 9.51. The molecule has 0 aliphatic carbocycles. The number of hydrogen-bond acceptors (Lipinski definition) is 4. The van der Waals surface area contributed by atoms with E-state index in [0.717, 1.165) is 12.1 Å². The number of amides is 3. The summed E-state index contributed by atoms with van der Waals surface area (Å²) in [4.78, 5) is 25.2. The van der Waals surface area contributed by atoms with Crippen molar-refractivity contribution in [1.82, 2.24) is 20.4 Å². The minimum atomic E-state index is -0.582. The molecule has 4 N–H and O–H groups in total. The number of urea groups is 1. The van der Waals surface area contributed by atoms with Gasteiger partial charge in [-0.1, -0.05) is 50.9 Å². The molecule has 0 bridgehead atoms. The number of benzene rings is 1. The summed E-state index contributed by atoms with van der Waals surface area (Å²) in [7, 11) is 0. The van der Waals surface area contributed by atoms with Gasteiger partial charge >= 0.3 is 6.03 Å². The summed E-state index contributed by atoms with van der Waals surface area (Å²) in [6, 6.07) is 6.12. The highest BCUT2D eigenvalue weighted by molar-refractivity contribution is 6.42. The van der Waals surface area contributed by atoms with Crippen LogP contribution in [0.1, 0.15) is 53.0 Å². The lowest BCUT2D eigenvalue weighted by Crippen LogP contribution is -2.57. The Morgan fingerprint density at radius 2 is 1.90 bits per heavy atom. The van der Waals surface area contributed by atoms with Gasteiger partial charge in [0.2, 0.25) is 5.91 Å². The maximum absolute atomic E-state index is 12.7. The zero-order valence-corrected chi connectivity index (χ0v) is 19.7. The van der Waals surface area contributed by atoms with Crippen LogP contribution in [0.5, 0.6) is 0 Å². The monoisotopic (exact) mass is 466 g/mol. The summed E-state index contributed by atoms with van der Waals surface area (Å²) >= 11 is 12.0. The van der Waals surface area contributed by atoms with Crippen LogP contribution in [0.25, 0.3) is 0 Å². The molecule has 1 fully saturated rings. The van der Waals surface area contributed by atoms with Crippen molar-refractivity contribution in [2.24, 2.45) is 5.92 Å². The molecule has 3 amide bonds. The van der Waals surface area contributed by atoms with E-state index in [1.807, 2.05) is 34.6 Å². The number of rotatable bonds is 4. The van der Waals surface area contributed by atoms with E-state index < -0.39 is 12.3 Å².